The summed E-state index contributed by atoms with van der Waals surface area (Å²) in [7, 11) is 0. The minimum absolute atomic E-state index is 0.142. The van der Waals surface area contributed by atoms with Crippen molar-refractivity contribution in [2.24, 2.45) is 0 Å². The van der Waals surface area contributed by atoms with Crippen LogP contribution in [0.1, 0.15) is 44.4 Å². The number of carbonyl (C=O) groups is 2. The second-order valence-corrected chi connectivity index (χ2v) is 9.43. The summed E-state index contributed by atoms with van der Waals surface area (Å²) in [5.41, 5.74) is 2.25. The predicted octanol–water partition coefficient (Wildman–Crippen LogP) is 4.70. The first-order valence-electron chi connectivity index (χ1n) is 10.1. The van der Waals surface area contributed by atoms with Gasteiger partial charge >= 0.3 is 0 Å². The molecule has 6 heteroatoms. The van der Waals surface area contributed by atoms with Gasteiger partial charge in [0.25, 0.3) is 0 Å². The van der Waals surface area contributed by atoms with E-state index in [1.165, 1.54) is 17.8 Å². The van der Waals surface area contributed by atoms with Gasteiger partial charge in [0, 0.05) is 17.8 Å². The molecule has 162 valence electrons. The molecule has 0 aromatic heterocycles. The number of hydrogen-bond acceptors (Lipinski definition) is 3. The van der Waals surface area contributed by atoms with Crippen molar-refractivity contribution in [2.75, 3.05) is 5.75 Å². The highest BCUT2D eigenvalue weighted by Gasteiger charge is 2.28. The zero-order chi connectivity index (χ0) is 22.3. The molecule has 0 unspecified atom stereocenters. The number of rotatable bonds is 8. The second kappa shape index (κ2) is 10.6. The number of hydrogen-bond donors (Lipinski definition) is 1. The lowest BCUT2D eigenvalue weighted by Gasteiger charge is -2.31. The van der Waals surface area contributed by atoms with Crippen LogP contribution in [0.3, 0.4) is 0 Å². The minimum Gasteiger partial charge on any atom is -0.350 e. The SMILES string of the molecule is Cc1ccccc1CN(C(=O)CSCc1ccccc1F)[C@H](C)C(=O)NC(C)(C)C. The van der Waals surface area contributed by atoms with Gasteiger partial charge in [-0.3, -0.25) is 9.59 Å². The molecule has 1 atom stereocenters. The highest BCUT2D eigenvalue weighted by Crippen LogP contribution is 2.19. The average molecular weight is 431 g/mol. The largest absolute Gasteiger partial charge is 0.350 e. The van der Waals surface area contributed by atoms with Gasteiger partial charge in [0.05, 0.1) is 5.75 Å². The smallest absolute Gasteiger partial charge is 0.242 e. The lowest BCUT2D eigenvalue weighted by atomic mass is 10.1. The van der Waals surface area contributed by atoms with Crippen molar-refractivity contribution < 1.29 is 14.0 Å². The molecule has 30 heavy (non-hydrogen) atoms. The first-order chi connectivity index (χ1) is 14.1. The van der Waals surface area contributed by atoms with E-state index in [-0.39, 0.29) is 28.9 Å². The van der Waals surface area contributed by atoms with Crippen LogP contribution in [0, 0.1) is 12.7 Å². The Kier molecular flexibility index (Phi) is 8.47. The molecule has 0 aliphatic rings. The Labute approximate surface area is 183 Å². The van der Waals surface area contributed by atoms with Gasteiger partial charge in [0.15, 0.2) is 0 Å². The number of benzene rings is 2. The van der Waals surface area contributed by atoms with E-state index in [9.17, 15) is 14.0 Å². The van der Waals surface area contributed by atoms with Crippen LogP contribution in [0.15, 0.2) is 48.5 Å². The van der Waals surface area contributed by atoms with Crippen LogP contribution < -0.4 is 5.32 Å². The van der Waals surface area contributed by atoms with E-state index in [1.54, 1.807) is 30.0 Å². The van der Waals surface area contributed by atoms with Crippen molar-refractivity contribution in [1.82, 2.24) is 10.2 Å². The lowest BCUT2D eigenvalue weighted by molar-refractivity contribution is -0.139. The van der Waals surface area contributed by atoms with E-state index >= 15 is 0 Å². The predicted molar refractivity (Wildman–Crippen MR) is 122 cm³/mol. The van der Waals surface area contributed by atoms with Gasteiger partial charge in [0.2, 0.25) is 11.8 Å². The van der Waals surface area contributed by atoms with E-state index in [0.29, 0.717) is 17.9 Å². The molecule has 0 saturated heterocycles. The average Bonchev–Trinajstić information content (AvgIpc) is 2.67. The van der Waals surface area contributed by atoms with E-state index in [0.717, 1.165) is 11.1 Å². The molecule has 2 aromatic rings. The summed E-state index contributed by atoms with van der Waals surface area (Å²) in [5, 5.41) is 2.95. The molecule has 0 aliphatic heterocycles. The van der Waals surface area contributed by atoms with Gasteiger partial charge in [-0.15, -0.1) is 11.8 Å². The Balaban J connectivity index is 2.13. The third-order valence-electron chi connectivity index (χ3n) is 4.71. The Morgan fingerprint density at radius 3 is 2.27 bits per heavy atom. The molecule has 2 rings (SSSR count). The molecule has 0 radical (unpaired) electrons. The summed E-state index contributed by atoms with van der Waals surface area (Å²) in [4.78, 5) is 27.4. The third-order valence-corrected chi connectivity index (χ3v) is 5.67. The summed E-state index contributed by atoms with van der Waals surface area (Å²) in [6, 6.07) is 13.8. The Morgan fingerprint density at radius 2 is 1.67 bits per heavy atom. The molecule has 1 N–H and O–H groups in total. The first kappa shape index (κ1) is 23.9. The van der Waals surface area contributed by atoms with Gasteiger partial charge in [-0.25, -0.2) is 4.39 Å². The number of aryl methyl sites for hydroxylation is 1. The first-order valence-corrected chi connectivity index (χ1v) is 11.2. The summed E-state index contributed by atoms with van der Waals surface area (Å²) in [6.45, 7) is 9.83. The maximum Gasteiger partial charge on any atom is 0.242 e. The highest BCUT2D eigenvalue weighted by atomic mass is 32.2. The fraction of sp³-hybridized carbons (Fsp3) is 0.417. The van der Waals surface area contributed by atoms with Crippen molar-refractivity contribution in [3.63, 3.8) is 0 Å². The summed E-state index contributed by atoms with van der Waals surface area (Å²) >= 11 is 1.35. The molecule has 0 aliphatic carbocycles. The van der Waals surface area contributed by atoms with Crippen molar-refractivity contribution in [3.05, 3.63) is 71.0 Å². The molecule has 2 amide bonds. The molecular formula is C24H31FN2O2S. The number of carbonyl (C=O) groups excluding carboxylic acids is 2. The monoisotopic (exact) mass is 430 g/mol. The van der Waals surface area contributed by atoms with Gasteiger partial charge in [0.1, 0.15) is 11.9 Å². The fourth-order valence-corrected chi connectivity index (χ4v) is 3.87. The zero-order valence-electron chi connectivity index (χ0n) is 18.4. The number of nitrogens with one attached hydrogen (secondary N) is 1. The fourth-order valence-electron chi connectivity index (χ4n) is 2.97. The molecule has 0 fully saturated rings. The number of amides is 2. The minimum atomic E-state index is -0.620. The van der Waals surface area contributed by atoms with Crippen LogP contribution in [0.25, 0.3) is 0 Å². The number of halogens is 1. The zero-order valence-corrected chi connectivity index (χ0v) is 19.2. The van der Waals surface area contributed by atoms with Crippen LogP contribution in [-0.4, -0.2) is 34.0 Å². The third kappa shape index (κ3) is 7.17. The molecule has 4 nitrogen and oxygen atoms in total. The van der Waals surface area contributed by atoms with E-state index < -0.39 is 6.04 Å². The van der Waals surface area contributed by atoms with E-state index in [4.69, 9.17) is 0 Å². The molecule has 2 aromatic carbocycles. The van der Waals surface area contributed by atoms with Gasteiger partial charge in [-0.1, -0.05) is 42.5 Å². The quantitative estimate of drug-likeness (QED) is 0.660. The summed E-state index contributed by atoms with van der Waals surface area (Å²) in [6.07, 6.45) is 0. The Hall–Kier alpha value is -2.34. The van der Waals surface area contributed by atoms with Crippen LogP contribution in [0.2, 0.25) is 0 Å². The number of nitrogens with zero attached hydrogens (tertiary/aromatic N) is 1. The standard InChI is InChI=1S/C24H31FN2O2S/c1-17-10-6-7-11-19(17)14-27(18(2)23(29)26-24(3,4)5)22(28)16-30-15-20-12-8-9-13-21(20)25/h6-13,18H,14-16H2,1-5H3,(H,26,29)/t18-/m1/s1. The summed E-state index contributed by atoms with van der Waals surface area (Å²) < 4.78 is 13.8. The molecular weight excluding hydrogens is 399 g/mol. The van der Waals surface area contributed by atoms with Crippen molar-refractivity contribution in [1.29, 1.82) is 0 Å². The molecule has 0 bridgehead atoms. The van der Waals surface area contributed by atoms with E-state index in [1.807, 2.05) is 52.0 Å². The van der Waals surface area contributed by atoms with Gasteiger partial charge in [-0.2, -0.15) is 0 Å². The van der Waals surface area contributed by atoms with Crippen molar-refractivity contribution in [2.45, 2.75) is 58.5 Å². The molecule has 0 spiro atoms. The van der Waals surface area contributed by atoms with Gasteiger partial charge < -0.3 is 10.2 Å². The van der Waals surface area contributed by atoms with Crippen LogP contribution in [0.5, 0.6) is 0 Å². The molecule has 0 heterocycles. The van der Waals surface area contributed by atoms with E-state index in [2.05, 4.69) is 5.32 Å². The van der Waals surface area contributed by atoms with Crippen LogP contribution in [-0.2, 0) is 21.9 Å². The van der Waals surface area contributed by atoms with Gasteiger partial charge in [-0.05, 0) is 57.4 Å². The normalized spacial score (nSPS) is 12.3. The van der Waals surface area contributed by atoms with Crippen molar-refractivity contribution in [3.8, 4) is 0 Å². The van der Waals surface area contributed by atoms with Crippen LogP contribution in [0.4, 0.5) is 4.39 Å². The molecule has 0 saturated carbocycles. The Morgan fingerprint density at radius 1 is 1.07 bits per heavy atom. The highest BCUT2D eigenvalue weighted by molar-refractivity contribution is 7.99. The summed E-state index contributed by atoms with van der Waals surface area (Å²) in [5.74, 6) is -0.0289. The Bertz CT molecular complexity index is 880. The topological polar surface area (TPSA) is 49.4 Å². The second-order valence-electron chi connectivity index (χ2n) is 8.45. The lowest BCUT2D eigenvalue weighted by Crippen LogP contribution is -2.52. The van der Waals surface area contributed by atoms with Crippen LogP contribution >= 0.6 is 11.8 Å². The van der Waals surface area contributed by atoms with Crippen molar-refractivity contribution >= 4 is 23.6 Å². The maximum absolute atomic E-state index is 13.8. The number of thioether (sulfide) groups is 1. The maximum atomic E-state index is 13.8.